The Morgan fingerprint density at radius 3 is 0.913 bits per heavy atom. The third kappa shape index (κ3) is 16.6. The molecule has 1 aliphatic rings. The lowest BCUT2D eigenvalue weighted by Crippen LogP contribution is -2.48. The lowest BCUT2D eigenvalue weighted by molar-refractivity contribution is -0.254. The largest absolute Gasteiger partial charge is 0.380 e. The fraction of sp³-hybridized carbons (Fsp3) is 0.695. The smallest absolute Gasteiger partial charge is 0.194 e. The zero-order valence-corrected chi connectivity index (χ0v) is 46.2. The average Bonchev–Trinajstić information content (AvgIpc) is 4.16. The van der Waals surface area contributed by atoms with Crippen molar-refractivity contribution >= 4 is 56.5 Å². The second-order valence-electron chi connectivity index (χ2n) is 20.3. The highest BCUT2D eigenvalue weighted by molar-refractivity contribution is 7.22. The summed E-state index contributed by atoms with van der Waals surface area (Å²) < 4.78 is 95.7. The van der Waals surface area contributed by atoms with E-state index in [0.717, 1.165) is 59.4 Å². The van der Waals surface area contributed by atoms with Crippen LogP contribution in [-0.2, 0) is 12.8 Å². The number of thiophene rings is 4. The van der Waals surface area contributed by atoms with Gasteiger partial charge < -0.3 is 0 Å². The Balaban J connectivity index is 1.14. The minimum absolute atomic E-state index is 0.207. The Labute approximate surface area is 430 Å². The van der Waals surface area contributed by atoms with E-state index in [0.29, 0.717) is 19.5 Å². The molecule has 0 saturated carbocycles. The van der Waals surface area contributed by atoms with Gasteiger partial charge in [-0.3, -0.25) is 0 Å². The molecule has 0 unspecified atom stereocenters. The molecule has 4 aromatic rings. The van der Waals surface area contributed by atoms with Gasteiger partial charge in [-0.1, -0.05) is 206 Å². The minimum Gasteiger partial charge on any atom is -0.194 e. The van der Waals surface area contributed by atoms with Crippen molar-refractivity contribution in [3.63, 3.8) is 0 Å². The summed E-state index contributed by atoms with van der Waals surface area (Å²) in [4.78, 5) is 3.79. The molecule has 0 bridgehead atoms. The van der Waals surface area contributed by atoms with Crippen LogP contribution in [0.2, 0.25) is 0 Å². The number of allylic oxidation sites excluding steroid dienone is 2. The van der Waals surface area contributed by atoms with Crippen LogP contribution in [-0.4, -0.2) is 17.8 Å². The third-order valence-corrected chi connectivity index (χ3v) is 19.0. The molecule has 0 amide bonds. The predicted octanol–water partition coefficient (Wildman–Crippen LogP) is 23.3. The van der Waals surface area contributed by atoms with E-state index in [-0.39, 0.29) is 11.1 Å². The van der Waals surface area contributed by atoms with Crippen LogP contribution in [0.5, 0.6) is 0 Å². The van der Waals surface area contributed by atoms with Crippen LogP contribution >= 0.6 is 45.3 Å². The summed E-state index contributed by atoms with van der Waals surface area (Å²) >= 11 is 5.42. The molecule has 0 aliphatic heterocycles. The van der Waals surface area contributed by atoms with Gasteiger partial charge in [0.15, 0.2) is 0 Å². The number of aryl methyl sites for hydroxylation is 4. The van der Waals surface area contributed by atoms with E-state index in [1.54, 1.807) is 13.8 Å². The van der Waals surface area contributed by atoms with Gasteiger partial charge in [0.1, 0.15) is 0 Å². The molecule has 4 aromatic heterocycles. The van der Waals surface area contributed by atoms with Gasteiger partial charge in [-0.05, 0) is 96.8 Å². The van der Waals surface area contributed by atoms with Crippen molar-refractivity contribution in [2.24, 2.45) is 0 Å². The summed E-state index contributed by atoms with van der Waals surface area (Å²) in [6.45, 7) is 7.70. The molecule has 1 aliphatic carbocycles. The number of hydrogen-bond acceptors (Lipinski definition) is 4. The fourth-order valence-corrected chi connectivity index (χ4v) is 14.6. The van der Waals surface area contributed by atoms with Crippen molar-refractivity contribution in [1.82, 2.24) is 0 Å². The molecule has 0 nitrogen and oxygen atoms in total. The molecule has 388 valence electrons. The summed E-state index contributed by atoms with van der Waals surface area (Å²) in [6.07, 6.45) is 42.9. The van der Waals surface area contributed by atoms with Gasteiger partial charge in [0, 0.05) is 40.4 Å². The number of halogens is 6. The monoisotopic (exact) mass is 1040 g/mol. The quantitative estimate of drug-likeness (QED) is 0.0310. The molecule has 0 radical (unpaired) electrons. The fourth-order valence-electron chi connectivity index (χ4n) is 10.3. The van der Waals surface area contributed by atoms with Gasteiger partial charge in [0.25, 0.3) is 0 Å². The summed E-state index contributed by atoms with van der Waals surface area (Å²) in [5, 5.41) is 3.94. The molecule has 5 rings (SSSR count). The topological polar surface area (TPSA) is 0 Å². The highest BCUT2D eigenvalue weighted by Gasteiger charge is 2.80. The zero-order chi connectivity index (χ0) is 49.5. The van der Waals surface area contributed by atoms with E-state index in [1.165, 1.54) is 237 Å². The third-order valence-electron chi connectivity index (χ3n) is 14.6. The lowest BCUT2D eigenvalue weighted by atomic mass is 9.94. The van der Waals surface area contributed by atoms with Crippen LogP contribution < -0.4 is 0 Å². The number of alkyl halides is 6. The van der Waals surface area contributed by atoms with Crippen molar-refractivity contribution in [3.8, 4) is 19.5 Å². The first kappa shape index (κ1) is 58.0. The summed E-state index contributed by atoms with van der Waals surface area (Å²) in [7, 11) is 0. The van der Waals surface area contributed by atoms with E-state index < -0.39 is 28.9 Å². The van der Waals surface area contributed by atoms with E-state index in [4.69, 9.17) is 0 Å². The maximum absolute atomic E-state index is 16.1. The molecule has 0 atom stereocenters. The highest BCUT2D eigenvalue weighted by atomic mass is 32.1. The van der Waals surface area contributed by atoms with Crippen LogP contribution in [0, 0.1) is 13.8 Å². The first-order chi connectivity index (χ1) is 33.4. The maximum atomic E-state index is 16.1. The van der Waals surface area contributed by atoms with Crippen LogP contribution in [0.4, 0.5) is 26.3 Å². The summed E-state index contributed by atoms with van der Waals surface area (Å²) in [5.41, 5.74) is -0.709. The normalized spacial score (nSPS) is 15.3. The molecule has 0 N–H and O–H groups in total. The zero-order valence-electron chi connectivity index (χ0n) is 42.9. The van der Waals surface area contributed by atoms with Gasteiger partial charge in [-0.2, -0.15) is 26.3 Å². The molecule has 69 heavy (non-hydrogen) atoms. The second-order valence-corrected chi connectivity index (χ2v) is 24.6. The first-order valence-electron chi connectivity index (χ1n) is 27.6. The van der Waals surface area contributed by atoms with Crippen LogP contribution in [0.1, 0.15) is 251 Å². The van der Waals surface area contributed by atoms with Gasteiger partial charge in [0.05, 0.1) is 0 Å². The first-order valence-corrected chi connectivity index (χ1v) is 31.0. The molecular weight excluding hydrogens is 951 g/mol. The van der Waals surface area contributed by atoms with Crippen molar-refractivity contribution in [2.45, 2.75) is 264 Å². The predicted molar refractivity (Wildman–Crippen MR) is 293 cm³/mol. The SMILES string of the molecule is CCCCCCCCCCCCCCCCCCc1ccsc1-c1cc(C2=C(c3cc(-c4sccc4CCCCCCCCCCCCCCCCCC)sc3C)C(F)(F)C(F)(F)C2(F)F)c(C)s1. The Morgan fingerprint density at radius 1 is 0.377 bits per heavy atom. The molecular formula is C59H86F6S4. The molecule has 0 spiro atoms. The Bertz CT molecular complexity index is 1920. The van der Waals surface area contributed by atoms with Gasteiger partial charge in [-0.15, -0.1) is 45.3 Å². The summed E-state index contributed by atoms with van der Waals surface area (Å²) in [6, 6.07) is 7.04. The minimum atomic E-state index is -5.59. The van der Waals surface area contributed by atoms with Crippen molar-refractivity contribution in [2.75, 3.05) is 0 Å². The van der Waals surface area contributed by atoms with E-state index in [9.17, 15) is 0 Å². The number of hydrogen-bond donors (Lipinski definition) is 0. The summed E-state index contributed by atoms with van der Waals surface area (Å²) in [5.74, 6) is -15.7. The van der Waals surface area contributed by atoms with E-state index in [2.05, 4.69) is 13.8 Å². The Kier molecular flexibility index (Phi) is 25.5. The molecule has 10 heteroatoms. The molecule has 0 saturated heterocycles. The Morgan fingerprint density at radius 2 is 0.638 bits per heavy atom. The van der Waals surface area contributed by atoms with Crippen LogP contribution in [0.15, 0.2) is 35.0 Å². The van der Waals surface area contributed by atoms with Gasteiger partial charge in [-0.25, -0.2) is 0 Å². The second kappa shape index (κ2) is 30.3. The van der Waals surface area contributed by atoms with Gasteiger partial charge in [0.2, 0.25) is 0 Å². The maximum Gasteiger partial charge on any atom is 0.380 e. The highest BCUT2D eigenvalue weighted by Crippen LogP contribution is 2.66. The molecule has 4 heterocycles. The number of unbranched alkanes of at least 4 members (excludes halogenated alkanes) is 30. The van der Waals surface area contributed by atoms with E-state index in [1.807, 2.05) is 22.9 Å². The van der Waals surface area contributed by atoms with Crippen molar-refractivity contribution in [1.29, 1.82) is 0 Å². The van der Waals surface area contributed by atoms with E-state index >= 15 is 26.3 Å². The van der Waals surface area contributed by atoms with Crippen LogP contribution in [0.3, 0.4) is 0 Å². The molecule has 0 aromatic carbocycles. The average molecular weight is 1040 g/mol. The van der Waals surface area contributed by atoms with Crippen molar-refractivity contribution in [3.05, 3.63) is 67.0 Å². The standard InChI is InChI=1S/C59H86F6S4/c1-5-7-9-11-13-15-17-19-21-23-25-27-29-31-33-35-37-47-39-41-66-55(47)51-43-49(45(3)68-51)53-54(58(62,63)59(64,65)57(53,60)61)50-44-52(69-46(50)4)56-48(40-42-67-56)38-36-34-32-30-28-26-24-22-20-18-16-14-12-10-8-6-2/h39-44H,5-38H2,1-4H3. The van der Waals surface area contributed by atoms with Crippen LogP contribution in [0.25, 0.3) is 30.7 Å². The lowest BCUT2D eigenvalue weighted by Gasteiger charge is -2.25. The molecule has 0 fully saturated rings. The van der Waals surface area contributed by atoms with Crippen molar-refractivity contribution < 1.29 is 26.3 Å². The Hall–Kier alpha value is -1.88. The number of rotatable bonds is 38. The van der Waals surface area contributed by atoms with Gasteiger partial charge >= 0.3 is 17.8 Å².